The van der Waals surface area contributed by atoms with Crippen LogP contribution < -0.4 is 10.5 Å². The molecule has 4 nitrogen and oxygen atoms in total. The van der Waals surface area contributed by atoms with Crippen molar-refractivity contribution in [1.82, 2.24) is 4.72 Å². The van der Waals surface area contributed by atoms with Gasteiger partial charge in [0, 0.05) is 12.6 Å². The fourth-order valence-electron chi connectivity index (χ4n) is 1.33. The fraction of sp³-hybridized carbons (Fsp3) is 0.455. The van der Waals surface area contributed by atoms with Crippen molar-refractivity contribution in [3.63, 3.8) is 0 Å². The van der Waals surface area contributed by atoms with Gasteiger partial charge in [-0.15, -0.1) is 0 Å². The highest BCUT2D eigenvalue weighted by atomic mass is 35.5. The van der Waals surface area contributed by atoms with Gasteiger partial charge in [-0.3, -0.25) is 0 Å². The number of hydrogen-bond acceptors (Lipinski definition) is 3. The van der Waals surface area contributed by atoms with Crippen LogP contribution in [0, 0.1) is 6.92 Å². The molecule has 0 aliphatic heterocycles. The predicted octanol–water partition coefficient (Wildman–Crippen LogP) is 1.66. The maximum absolute atomic E-state index is 12.0. The average molecular weight is 277 g/mol. The fourth-order valence-corrected chi connectivity index (χ4v) is 2.95. The normalized spacial score (nSPS) is 13.6. The Balaban J connectivity index is 2.87. The first-order chi connectivity index (χ1) is 7.84. The summed E-state index contributed by atoms with van der Waals surface area (Å²) in [6, 6.07) is 4.89. The number of aryl methyl sites for hydroxylation is 1. The Bertz CT molecular complexity index is 486. The number of nitrogens with one attached hydrogen (secondary N) is 1. The monoisotopic (exact) mass is 276 g/mol. The lowest BCUT2D eigenvalue weighted by Crippen LogP contribution is -2.29. The highest BCUT2D eigenvalue weighted by Gasteiger charge is 2.18. The minimum atomic E-state index is -3.55. The largest absolute Gasteiger partial charge is 0.328 e. The Morgan fingerprint density at radius 1 is 1.47 bits per heavy atom. The smallest absolute Gasteiger partial charge is 0.242 e. The summed E-state index contributed by atoms with van der Waals surface area (Å²) >= 11 is 5.98. The molecule has 1 rings (SSSR count). The van der Waals surface area contributed by atoms with Gasteiger partial charge in [0.15, 0.2) is 0 Å². The first kappa shape index (κ1) is 14.4. The Labute approximate surface area is 107 Å². The van der Waals surface area contributed by atoms with Gasteiger partial charge >= 0.3 is 0 Å². The number of rotatable bonds is 5. The van der Waals surface area contributed by atoms with Gasteiger partial charge in [0.25, 0.3) is 0 Å². The van der Waals surface area contributed by atoms with Gasteiger partial charge < -0.3 is 5.73 Å². The van der Waals surface area contributed by atoms with E-state index in [0.717, 1.165) is 5.56 Å². The number of benzene rings is 1. The van der Waals surface area contributed by atoms with E-state index in [1.807, 2.05) is 6.92 Å². The third-order valence-electron chi connectivity index (χ3n) is 2.34. The quantitative estimate of drug-likeness (QED) is 0.859. The minimum Gasteiger partial charge on any atom is -0.328 e. The summed E-state index contributed by atoms with van der Waals surface area (Å²) in [5, 5.41) is 0.265. The van der Waals surface area contributed by atoms with Crippen molar-refractivity contribution in [2.24, 2.45) is 5.73 Å². The average Bonchev–Trinajstić information content (AvgIpc) is 2.21. The van der Waals surface area contributed by atoms with Gasteiger partial charge in [-0.1, -0.05) is 23.7 Å². The molecule has 0 heterocycles. The van der Waals surface area contributed by atoms with Crippen LogP contribution in [0.3, 0.4) is 0 Å². The number of nitrogens with two attached hydrogens (primary N) is 1. The highest BCUT2D eigenvalue weighted by Crippen LogP contribution is 2.24. The van der Waals surface area contributed by atoms with E-state index in [4.69, 9.17) is 17.3 Å². The standard InChI is InChI=1S/C11H17ClN2O2S/c1-8-4-3-5-10(11(8)12)17(15,16)14-7-6-9(2)13/h3-5,9,14H,6-7,13H2,1-2H3. The first-order valence-electron chi connectivity index (χ1n) is 5.35. The minimum absolute atomic E-state index is 0.0364. The van der Waals surface area contributed by atoms with E-state index >= 15 is 0 Å². The molecule has 0 amide bonds. The third kappa shape index (κ3) is 3.96. The molecule has 3 N–H and O–H groups in total. The van der Waals surface area contributed by atoms with E-state index in [9.17, 15) is 8.42 Å². The Morgan fingerprint density at radius 3 is 2.71 bits per heavy atom. The molecule has 0 bridgehead atoms. The van der Waals surface area contributed by atoms with Crippen LogP contribution in [-0.2, 0) is 10.0 Å². The van der Waals surface area contributed by atoms with Crippen LogP contribution in [0.15, 0.2) is 23.1 Å². The Hall–Kier alpha value is -0.620. The molecule has 0 aliphatic rings. The summed E-state index contributed by atoms with van der Waals surface area (Å²) in [6.45, 7) is 3.90. The SMILES string of the molecule is Cc1cccc(S(=O)(=O)NCCC(C)N)c1Cl. The summed E-state index contributed by atoms with van der Waals surface area (Å²) in [5.74, 6) is 0. The second-order valence-electron chi connectivity index (χ2n) is 4.05. The number of sulfonamides is 1. The number of hydrogen-bond donors (Lipinski definition) is 2. The maximum Gasteiger partial charge on any atom is 0.242 e. The van der Waals surface area contributed by atoms with Gasteiger partial charge in [-0.25, -0.2) is 13.1 Å². The van der Waals surface area contributed by atoms with Crippen molar-refractivity contribution < 1.29 is 8.42 Å². The molecule has 1 aromatic rings. The van der Waals surface area contributed by atoms with Crippen molar-refractivity contribution >= 4 is 21.6 Å². The van der Waals surface area contributed by atoms with E-state index in [1.54, 1.807) is 19.1 Å². The summed E-state index contributed by atoms with van der Waals surface area (Å²) < 4.78 is 26.4. The van der Waals surface area contributed by atoms with Crippen LogP contribution in [0.25, 0.3) is 0 Å². The van der Waals surface area contributed by atoms with E-state index < -0.39 is 10.0 Å². The molecule has 0 aliphatic carbocycles. The molecule has 1 unspecified atom stereocenters. The zero-order valence-corrected chi connectivity index (χ0v) is 11.5. The van der Waals surface area contributed by atoms with E-state index in [2.05, 4.69) is 4.72 Å². The highest BCUT2D eigenvalue weighted by molar-refractivity contribution is 7.89. The molecule has 96 valence electrons. The van der Waals surface area contributed by atoms with Crippen molar-refractivity contribution in [1.29, 1.82) is 0 Å². The second-order valence-corrected chi connectivity index (χ2v) is 6.16. The van der Waals surface area contributed by atoms with Gasteiger partial charge in [0.1, 0.15) is 4.90 Å². The van der Waals surface area contributed by atoms with Crippen LogP contribution in [0.1, 0.15) is 18.9 Å². The molecular weight excluding hydrogens is 260 g/mol. The molecule has 17 heavy (non-hydrogen) atoms. The Kier molecular flexibility index (Phi) is 4.94. The van der Waals surface area contributed by atoms with Crippen molar-refractivity contribution in [3.05, 3.63) is 28.8 Å². The van der Waals surface area contributed by atoms with Crippen LogP contribution in [0.4, 0.5) is 0 Å². The lowest BCUT2D eigenvalue weighted by Gasteiger charge is -2.10. The Morgan fingerprint density at radius 2 is 2.12 bits per heavy atom. The molecule has 0 spiro atoms. The molecule has 0 saturated carbocycles. The summed E-state index contributed by atoms with van der Waals surface area (Å²) in [7, 11) is -3.55. The predicted molar refractivity (Wildman–Crippen MR) is 69.6 cm³/mol. The topological polar surface area (TPSA) is 72.2 Å². The molecule has 6 heteroatoms. The molecule has 1 atom stereocenters. The van der Waals surface area contributed by atoms with Crippen LogP contribution in [0.2, 0.25) is 5.02 Å². The van der Waals surface area contributed by atoms with Crippen molar-refractivity contribution in [3.8, 4) is 0 Å². The van der Waals surface area contributed by atoms with E-state index in [-0.39, 0.29) is 16.0 Å². The molecule has 1 aromatic carbocycles. The zero-order chi connectivity index (χ0) is 13.1. The van der Waals surface area contributed by atoms with Gasteiger partial charge in [0.05, 0.1) is 5.02 Å². The molecule has 0 radical (unpaired) electrons. The third-order valence-corrected chi connectivity index (χ3v) is 4.45. The molecular formula is C11H17ClN2O2S. The molecule has 0 fully saturated rings. The van der Waals surface area contributed by atoms with Gasteiger partial charge in [-0.05, 0) is 31.9 Å². The van der Waals surface area contributed by atoms with Gasteiger partial charge in [0.2, 0.25) is 10.0 Å². The number of halogens is 1. The molecule has 0 aromatic heterocycles. The van der Waals surface area contributed by atoms with Crippen molar-refractivity contribution in [2.45, 2.75) is 31.2 Å². The maximum atomic E-state index is 12.0. The molecule has 0 saturated heterocycles. The summed E-state index contributed by atoms with van der Waals surface area (Å²) in [4.78, 5) is 0.115. The van der Waals surface area contributed by atoms with Crippen LogP contribution in [0.5, 0.6) is 0 Å². The lowest BCUT2D eigenvalue weighted by molar-refractivity contribution is 0.572. The van der Waals surface area contributed by atoms with E-state index in [0.29, 0.717) is 13.0 Å². The first-order valence-corrected chi connectivity index (χ1v) is 7.21. The second kappa shape index (κ2) is 5.82. The van der Waals surface area contributed by atoms with Crippen LogP contribution >= 0.6 is 11.6 Å². The zero-order valence-electron chi connectivity index (χ0n) is 9.90. The van der Waals surface area contributed by atoms with Crippen molar-refractivity contribution in [2.75, 3.05) is 6.54 Å². The van der Waals surface area contributed by atoms with E-state index in [1.165, 1.54) is 6.07 Å². The lowest BCUT2D eigenvalue weighted by atomic mass is 10.2. The van der Waals surface area contributed by atoms with Gasteiger partial charge in [-0.2, -0.15) is 0 Å². The summed E-state index contributed by atoms with van der Waals surface area (Å²) in [6.07, 6.45) is 0.586. The summed E-state index contributed by atoms with van der Waals surface area (Å²) in [5.41, 5.74) is 6.29. The van der Waals surface area contributed by atoms with Crippen LogP contribution in [-0.4, -0.2) is 21.0 Å².